The Labute approximate surface area is 80.1 Å². The van der Waals surface area contributed by atoms with Gasteiger partial charge in [0.1, 0.15) is 0 Å². The lowest BCUT2D eigenvalue weighted by Gasteiger charge is -2.24. The van der Waals surface area contributed by atoms with E-state index in [9.17, 15) is 4.39 Å². The van der Waals surface area contributed by atoms with E-state index >= 15 is 0 Å². The van der Waals surface area contributed by atoms with Crippen LogP contribution in [-0.4, -0.2) is 43.9 Å². The van der Waals surface area contributed by atoms with Crippen LogP contribution in [0.15, 0.2) is 0 Å². The first kappa shape index (κ1) is 10.9. The number of ether oxygens (including phenoxy) is 1. The minimum absolute atomic E-state index is 0.184. The molecular formula is C10H20FNO. The highest BCUT2D eigenvalue weighted by atomic mass is 19.1. The van der Waals surface area contributed by atoms with Crippen molar-refractivity contribution in [2.24, 2.45) is 5.92 Å². The molecule has 0 aromatic heterocycles. The Morgan fingerprint density at radius 3 is 2.77 bits per heavy atom. The summed E-state index contributed by atoms with van der Waals surface area (Å²) in [5, 5.41) is 0. The van der Waals surface area contributed by atoms with Crippen LogP contribution in [0.3, 0.4) is 0 Å². The van der Waals surface area contributed by atoms with Crippen LogP contribution in [0, 0.1) is 5.92 Å². The molecule has 0 spiro atoms. The first-order valence-corrected chi connectivity index (χ1v) is 5.03. The maximum Gasteiger partial charge on any atom is 0.0938 e. The largest absolute Gasteiger partial charge is 0.377 e. The molecule has 0 N–H and O–H groups in total. The van der Waals surface area contributed by atoms with Gasteiger partial charge >= 0.3 is 0 Å². The van der Waals surface area contributed by atoms with Crippen LogP contribution in [0.4, 0.5) is 4.39 Å². The van der Waals surface area contributed by atoms with Crippen molar-refractivity contribution in [2.45, 2.75) is 32.4 Å². The normalized spacial score (nSPS) is 30.2. The van der Waals surface area contributed by atoms with Gasteiger partial charge in [0.05, 0.1) is 19.4 Å². The van der Waals surface area contributed by atoms with Crippen molar-refractivity contribution in [1.29, 1.82) is 0 Å². The Morgan fingerprint density at radius 1 is 1.54 bits per heavy atom. The second-order valence-corrected chi connectivity index (χ2v) is 4.13. The van der Waals surface area contributed by atoms with Gasteiger partial charge in [-0.05, 0) is 33.9 Å². The number of rotatable bonds is 4. The number of hydrogen-bond donors (Lipinski definition) is 0. The molecule has 13 heavy (non-hydrogen) atoms. The molecule has 1 heterocycles. The van der Waals surface area contributed by atoms with Crippen LogP contribution in [-0.2, 0) is 4.74 Å². The number of halogens is 1. The van der Waals surface area contributed by atoms with Gasteiger partial charge in [-0.25, -0.2) is 0 Å². The molecule has 3 heteroatoms. The fraction of sp³-hybridized carbons (Fsp3) is 1.00. The van der Waals surface area contributed by atoms with Crippen molar-refractivity contribution in [3.63, 3.8) is 0 Å². The third kappa shape index (κ3) is 2.92. The first-order valence-electron chi connectivity index (χ1n) is 5.03. The highest BCUT2D eigenvalue weighted by Gasteiger charge is 2.31. The first-order chi connectivity index (χ1) is 6.15. The van der Waals surface area contributed by atoms with Crippen LogP contribution >= 0.6 is 0 Å². The zero-order chi connectivity index (χ0) is 9.84. The summed E-state index contributed by atoms with van der Waals surface area (Å²) in [4.78, 5) is 2.20. The van der Waals surface area contributed by atoms with E-state index in [-0.39, 0.29) is 24.7 Å². The summed E-state index contributed by atoms with van der Waals surface area (Å²) in [5.41, 5.74) is 0. The third-order valence-corrected chi connectivity index (χ3v) is 2.76. The van der Waals surface area contributed by atoms with Crippen LogP contribution in [0.1, 0.15) is 20.3 Å². The molecule has 1 rings (SSSR count). The van der Waals surface area contributed by atoms with E-state index in [1.807, 2.05) is 20.9 Å². The van der Waals surface area contributed by atoms with E-state index in [1.54, 1.807) is 0 Å². The predicted octanol–water partition coefficient (Wildman–Crippen LogP) is 1.70. The van der Waals surface area contributed by atoms with E-state index in [2.05, 4.69) is 4.90 Å². The van der Waals surface area contributed by atoms with Gasteiger partial charge in [0, 0.05) is 12.0 Å². The van der Waals surface area contributed by atoms with Crippen LogP contribution in [0.2, 0.25) is 0 Å². The number of likely N-dealkylation sites (tertiary alicyclic amines) is 1. The van der Waals surface area contributed by atoms with Gasteiger partial charge in [-0.3, -0.25) is 4.39 Å². The summed E-state index contributed by atoms with van der Waals surface area (Å²) in [6.45, 7) is 5.48. The Bertz CT molecular complexity index is 152. The SMILES string of the molecule is CC(C)OC[C@@H]1[C@@H](CF)CCN1C. The second-order valence-electron chi connectivity index (χ2n) is 4.13. The van der Waals surface area contributed by atoms with Gasteiger partial charge in [0.15, 0.2) is 0 Å². The van der Waals surface area contributed by atoms with Crippen LogP contribution in [0.5, 0.6) is 0 Å². The quantitative estimate of drug-likeness (QED) is 0.667. The zero-order valence-corrected chi connectivity index (χ0v) is 8.79. The minimum atomic E-state index is -0.212. The molecule has 78 valence electrons. The molecule has 2 nitrogen and oxygen atoms in total. The molecule has 1 saturated heterocycles. The van der Waals surface area contributed by atoms with Crippen LogP contribution in [0.25, 0.3) is 0 Å². The fourth-order valence-electron chi connectivity index (χ4n) is 1.82. The van der Waals surface area contributed by atoms with Gasteiger partial charge < -0.3 is 9.64 Å². The Kier molecular flexibility index (Phi) is 4.13. The van der Waals surface area contributed by atoms with Gasteiger partial charge in [-0.15, -0.1) is 0 Å². The summed E-state index contributed by atoms with van der Waals surface area (Å²) >= 11 is 0. The molecule has 2 atom stereocenters. The van der Waals surface area contributed by atoms with Gasteiger partial charge in [0.25, 0.3) is 0 Å². The third-order valence-electron chi connectivity index (χ3n) is 2.76. The lowest BCUT2D eigenvalue weighted by Crippen LogP contribution is -2.35. The van der Waals surface area contributed by atoms with Crippen molar-refractivity contribution in [3.05, 3.63) is 0 Å². The second kappa shape index (κ2) is 4.91. The van der Waals surface area contributed by atoms with Crippen molar-refractivity contribution in [1.82, 2.24) is 4.90 Å². The molecule has 0 amide bonds. The summed E-state index contributed by atoms with van der Waals surface area (Å²) < 4.78 is 18.1. The Balaban J connectivity index is 2.35. The fourth-order valence-corrected chi connectivity index (χ4v) is 1.82. The number of likely N-dealkylation sites (N-methyl/N-ethyl adjacent to an activating group) is 1. The molecule has 0 aromatic carbocycles. The Hall–Kier alpha value is -0.150. The molecule has 0 aromatic rings. The number of nitrogens with zero attached hydrogens (tertiary/aromatic N) is 1. The summed E-state index contributed by atoms with van der Waals surface area (Å²) in [6, 6.07) is 0.285. The van der Waals surface area contributed by atoms with E-state index in [4.69, 9.17) is 4.74 Å². The summed E-state index contributed by atoms with van der Waals surface area (Å²) in [7, 11) is 2.05. The topological polar surface area (TPSA) is 12.5 Å². The zero-order valence-electron chi connectivity index (χ0n) is 8.79. The minimum Gasteiger partial charge on any atom is -0.377 e. The van der Waals surface area contributed by atoms with E-state index in [0.29, 0.717) is 6.61 Å². The molecular weight excluding hydrogens is 169 g/mol. The van der Waals surface area contributed by atoms with Gasteiger partial charge in [-0.1, -0.05) is 0 Å². The van der Waals surface area contributed by atoms with Crippen molar-refractivity contribution in [2.75, 3.05) is 26.9 Å². The number of hydrogen-bond acceptors (Lipinski definition) is 2. The van der Waals surface area contributed by atoms with Crippen molar-refractivity contribution in [3.8, 4) is 0 Å². The molecule has 1 fully saturated rings. The van der Waals surface area contributed by atoms with Gasteiger partial charge in [-0.2, -0.15) is 0 Å². The highest BCUT2D eigenvalue weighted by Crippen LogP contribution is 2.23. The lowest BCUT2D eigenvalue weighted by atomic mass is 10.0. The van der Waals surface area contributed by atoms with Gasteiger partial charge in [0.2, 0.25) is 0 Å². The summed E-state index contributed by atoms with van der Waals surface area (Å²) in [6.07, 6.45) is 1.22. The Morgan fingerprint density at radius 2 is 2.23 bits per heavy atom. The standard InChI is InChI=1S/C10H20FNO/c1-8(2)13-7-10-9(6-11)4-5-12(10)3/h8-10H,4-7H2,1-3H3/t9-,10-/m1/s1. The lowest BCUT2D eigenvalue weighted by molar-refractivity contribution is 0.0298. The van der Waals surface area contributed by atoms with E-state index in [1.165, 1.54) is 0 Å². The molecule has 0 radical (unpaired) electrons. The van der Waals surface area contributed by atoms with Crippen molar-refractivity contribution >= 4 is 0 Å². The molecule has 0 aliphatic carbocycles. The molecule has 0 unspecified atom stereocenters. The average molecular weight is 189 g/mol. The highest BCUT2D eigenvalue weighted by molar-refractivity contribution is 4.84. The monoisotopic (exact) mass is 189 g/mol. The number of alkyl halides is 1. The smallest absolute Gasteiger partial charge is 0.0938 e. The maximum absolute atomic E-state index is 12.6. The summed E-state index contributed by atoms with van der Waals surface area (Å²) in [5.74, 6) is 0.184. The average Bonchev–Trinajstić information content (AvgIpc) is 2.43. The maximum atomic E-state index is 12.6. The van der Waals surface area contributed by atoms with Crippen molar-refractivity contribution < 1.29 is 9.13 Å². The van der Waals surface area contributed by atoms with Crippen LogP contribution < -0.4 is 0 Å². The molecule has 0 bridgehead atoms. The predicted molar refractivity (Wildman–Crippen MR) is 51.6 cm³/mol. The molecule has 1 aliphatic heterocycles. The molecule has 0 saturated carbocycles. The van der Waals surface area contributed by atoms with E-state index in [0.717, 1.165) is 13.0 Å². The molecule has 1 aliphatic rings. The van der Waals surface area contributed by atoms with E-state index < -0.39 is 0 Å².